The minimum absolute atomic E-state index is 0. The Labute approximate surface area is 129 Å². The molecule has 0 saturated heterocycles. The first-order valence-electron chi connectivity index (χ1n) is 4.24. The Hall–Kier alpha value is -0.0369. The van der Waals surface area contributed by atoms with Gasteiger partial charge in [0.25, 0.3) is 0 Å². The van der Waals surface area contributed by atoms with Crippen molar-refractivity contribution in [3.8, 4) is 0 Å². The zero-order valence-electron chi connectivity index (χ0n) is 9.22. The Balaban J connectivity index is -0.000000189. The van der Waals surface area contributed by atoms with Gasteiger partial charge < -0.3 is 29.8 Å². The minimum Gasteiger partial charge on any atom is -1.00 e. The van der Waals surface area contributed by atoms with E-state index in [0.29, 0.717) is 0 Å². The third-order valence-electron chi connectivity index (χ3n) is 1.58. The summed E-state index contributed by atoms with van der Waals surface area (Å²) in [5.74, 6) is 0. The Bertz CT molecular complexity index is 292. The summed E-state index contributed by atoms with van der Waals surface area (Å²) in [7, 11) is 0. The van der Waals surface area contributed by atoms with E-state index in [9.17, 15) is 0 Å². The second kappa shape index (κ2) is 13.0. The summed E-state index contributed by atoms with van der Waals surface area (Å²) in [5.41, 5.74) is 2.56. The van der Waals surface area contributed by atoms with Crippen LogP contribution in [0, 0.1) is 12.3 Å². The van der Waals surface area contributed by atoms with Gasteiger partial charge in [0.1, 0.15) is 0 Å². The molecule has 0 aliphatic heterocycles. The van der Waals surface area contributed by atoms with E-state index in [4.69, 9.17) is 0 Å². The average molecular weight is 333 g/mol. The third kappa shape index (κ3) is 9.21. The summed E-state index contributed by atoms with van der Waals surface area (Å²) < 4.78 is 0. The van der Waals surface area contributed by atoms with Gasteiger partial charge >= 0.3 is 26.2 Å². The normalized spacial score (nSPS) is 10.2. The van der Waals surface area contributed by atoms with Crippen molar-refractivity contribution in [1.29, 1.82) is 0 Å². The van der Waals surface area contributed by atoms with Gasteiger partial charge in [0.05, 0.1) is 0 Å². The van der Waals surface area contributed by atoms with E-state index in [-0.39, 0.29) is 51.0 Å². The molecule has 1 nitrogen and oxygen atoms in total. The largest absolute Gasteiger partial charge is 4.00 e. The maximum atomic E-state index is 3.10. The van der Waals surface area contributed by atoms with E-state index in [1.54, 1.807) is 0 Å². The number of hydrogen-bond donors (Lipinski definition) is 1. The van der Waals surface area contributed by atoms with Crippen LogP contribution < -0.4 is 24.8 Å². The molecule has 2 rings (SSSR count). The average Bonchev–Trinajstić information content (AvgIpc) is 2.82. The summed E-state index contributed by atoms with van der Waals surface area (Å²) >= 11 is 0. The molecule has 0 saturated carbocycles. The maximum absolute atomic E-state index is 3.10. The first-order chi connectivity index (χ1) is 6.30. The maximum Gasteiger partial charge on any atom is 4.00 e. The molecule has 4 heteroatoms. The van der Waals surface area contributed by atoms with Crippen LogP contribution in [0.3, 0.4) is 0 Å². The zero-order valence-corrected chi connectivity index (χ0v) is 13.2. The second-order valence-corrected chi connectivity index (χ2v) is 2.90. The van der Waals surface area contributed by atoms with Gasteiger partial charge in [-0.1, -0.05) is 13.8 Å². The molecule has 1 heterocycles. The molecule has 1 aliphatic rings. The standard InChI is InChI=1S/C8H9.C4H4N.2ClH.Zr/c1-7(2)8-5-3-4-6-8;1-2-4-5-3-1;;;/h3-5H,1-2H3;1-3,5H;2*1H;/q2*-1;;;+4/p-2. The molecule has 1 aromatic heterocycles. The Morgan fingerprint density at radius 3 is 2.12 bits per heavy atom. The fraction of sp³-hybridized carbons (Fsp3) is 0.167. The minimum atomic E-state index is 0. The van der Waals surface area contributed by atoms with Crippen LogP contribution in [-0.2, 0) is 26.2 Å². The number of aromatic nitrogens is 1. The second-order valence-electron chi connectivity index (χ2n) is 2.90. The molecule has 0 radical (unpaired) electrons. The van der Waals surface area contributed by atoms with Gasteiger partial charge in [0.15, 0.2) is 0 Å². The van der Waals surface area contributed by atoms with Crippen LogP contribution in [0.2, 0.25) is 0 Å². The first-order valence-corrected chi connectivity index (χ1v) is 4.24. The van der Waals surface area contributed by atoms with E-state index in [1.807, 2.05) is 30.5 Å². The number of nitrogens with one attached hydrogen (secondary N) is 1. The van der Waals surface area contributed by atoms with Crippen LogP contribution in [0.4, 0.5) is 0 Å². The molecule has 0 atom stereocenters. The quantitative estimate of drug-likeness (QED) is 0.490. The SMILES string of the molecule is CC(C)=C1[C-]=CC=C1.[Cl-].[Cl-].[Zr+4].[c-]1ccc[nH]1. The van der Waals surface area contributed by atoms with Crippen LogP contribution >= 0.6 is 0 Å². The zero-order chi connectivity index (χ0) is 9.52. The molecule has 1 aliphatic carbocycles. The van der Waals surface area contributed by atoms with Crippen molar-refractivity contribution in [2.24, 2.45) is 0 Å². The number of aromatic amines is 1. The molecule has 16 heavy (non-hydrogen) atoms. The van der Waals surface area contributed by atoms with Crippen LogP contribution in [0.5, 0.6) is 0 Å². The van der Waals surface area contributed by atoms with E-state index in [1.165, 1.54) is 11.1 Å². The molecular weight excluding hydrogens is 320 g/mol. The monoisotopic (exact) mass is 331 g/mol. The van der Waals surface area contributed by atoms with E-state index in [0.717, 1.165) is 0 Å². The number of H-pyrrole nitrogens is 1. The first kappa shape index (κ1) is 21.3. The molecular formula is C12H13Cl2NZr. The van der Waals surface area contributed by atoms with Crippen molar-refractivity contribution < 1.29 is 51.0 Å². The van der Waals surface area contributed by atoms with Gasteiger partial charge in [-0.3, -0.25) is 0 Å². The van der Waals surface area contributed by atoms with Crippen molar-refractivity contribution in [1.82, 2.24) is 4.98 Å². The Morgan fingerprint density at radius 2 is 1.94 bits per heavy atom. The predicted molar refractivity (Wildman–Crippen MR) is 55.0 cm³/mol. The van der Waals surface area contributed by atoms with Crippen molar-refractivity contribution >= 4 is 0 Å². The van der Waals surface area contributed by atoms with Gasteiger partial charge in [-0.2, -0.15) is 42.1 Å². The molecule has 1 aromatic rings. The van der Waals surface area contributed by atoms with Gasteiger partial charge in [-0.05, 0) is 0 Å². The molecule has 0 amide bonds. The van der Waals surface area contributed by atoms with E-state index >= 15 is 0 Å². The van der Waals surface area contributed by atoms with Gasteiger partial charge in [-0.15, -0.1) is 17.8 Å². The summed E-state index contributed by atoms with van der Waals surface area (Å²) in [6.45, 7) is 4.18. The number of halogens is 2. The van der Waals surface area contributed by atoms with Crippen molar-refractivity contribution in [2.75, 3.05) is 0 Å². The third-order valence-corrected chi connectivity index (χ3v) is 1.58. The molecule has 0 unspecified atom stereocenters. The number of rotatable bonds is 0. The summed E-state index contributed by atoms with van der Waals surface area (Å²) in [5, 5.41) is 0. The molecule has 0 bridgehead atoms. The molecule has 0 fully saturated rings. The molecule has 1 N–H and O–H groups in total. The topological polar surface area (TPSA) is 15.8 Å². The molecule has 0 aromatic carbocycles. The van der Waals surface area contributed by atoms with Gasteiger partial charge in [0.2, 0.25) is 0 Å². The summed E-state index contributed by atoms with van der Waals surface area (Å²) in [4.78, 5) is 2.74. The Morgan fingerprint density at radius 1 is 1.25 bits per heavy atom. The number of allylic oxidation sites excluding steroid dienone is 6. The van der Waals surface area contributed by atoms with Crippen LogP contribution in [0.15, 0.2) is 47.7 Å². The smallest absolute Gasteiger partial charge is 1.00 e. The fourth-order valence-electron chi connectivity index (χ4n) is 0.882. The van der Waals surface area contributed by atoms with Gasteiger partial charge in [-0.25, -0.2) is 0 Å². The van der Waals surface area contributed by atoms with Gasteiger partial charge in [0, 0.05) is 0 Å². The number of hydrogen-bond acceptors (Lipinski definition) is 0. The van der Waals surface area contributed by atoms with Crippen molar-refractivity contribution in [3.05, 3.63) is 60.0 Å². The summed E-state index contributed by atoms with van der Waals surface area (Å²) in [6, 6.07) is 3.71. The summed E-state index contributed by atoms with van der Waals surface area (Å²) in [6.07, 6.45) is 13.7. The molecule has 84 valence electrons. The van der Waals surface area contributed by atoms with E-state index in [2.05, 4.69) is 37.2 Å². The van der Waals surface area contributed by atoms with E-state index < -0.39 is 0 Å². The van der Waals surface area contributed by atoms with Crippen LogP contribution in [0.1, 0.15) is 13.8 Å². The predicted octanol–water partition coefficient (Wildman–Crippen LogP) is -2.93. The molecule has 0 spiro atoms. The van der Waals surface area contributed by atoms with Crippen molar-refractivity contribution in [3.63, 3.8) is 0 Å². The Kier molecular flexibility index (Phi) is 17.3. The van der Waals surface area contributed by atoms with Crippen LogP contribution in [-0.4, -0.2) is 4.98 Å². The van der Waals surface area contributed by atoms with Crippen molar-refractivity contribution in [2.45, 2.75) is 13.8 Å². The fourth-order valence-corrected chi connectivity index (χ4v) is 0.882. The van der Waals surface area contributed by atoms with Crippen LogP contribution in [0.25, 0.3) is 0 Å².